The maximum atomic E-state index is 5.41. The van der Waals surface area contributed by atoms with Gasteiger partial charge in [-0.15, -0.1) is 11.3 Å². The molecule has 0 aliphatic carbocycles. The zero-order chi connectivity index (χ0) is 43.6. The van der Waals surface area contributed by atoms with E-state index in [0.29, 0.717) is 17.5 Å². The third kappa shape index (κ3) is 6.48. The first kappa shape index (κ1) is 38.0. The molecule has 3 aromatic heterocycles. The van der Waals surface area contributed by atoms with Crippen LogP contribution in [0.3, 0.4) is 0 Å². The van der Waals surface area contributed by atoms with Gasteiger partial charge in [-0.1, -0.05) is 188 Å². The second kappa shape index (κ2) is 15.6. The lowest BCUT2D eigenvalue weighted by Gasteiger charge is -2.16. The van der Waals surface area contributed by atoms with E-state index in [1.807, 2.05) is 11.3 Å². The minimum absolute atomic E-state index is 0.598. The number of aromatic nitrogens is 4. The smallest absolute Gasteiger partial charge is 0.166 e. The standard InChI is InChI=1S/C61H38N4S/c1-2-14-39(15-3-1)43-33-35-53(56(37-43)65-54-25-9-6-21-49(54)50-22-7-10-26-55(50)65)61-63-59(42-30-28-40(29-31-42)44-32-34-52-51-23-8-11-27-57(51)66-58(52)38-44)62-60(64-61)46-19-12-18-45(36-46)48-24-13-17-41-16-4-5-20-47(41)48/h1-38H. The Bertz CT molecular complexity index is 3940. The van der Waals surface area contributed by atoms with E-state index in [1.54, 1.807) is 0 Å². The van der Waals surface area contributed by atoms with Crippen molar-refractivity contribution < 1.29 is 0 Å². The van der Waals surface area contributed by atoms with E-state index in [0.717, 1.165) is 55.7 Å². The van der Waals surface area contributed by atoms with Crippen LogP contribution >= 0.6 is 11.3 Å². The summed E-state index contributed by atoms with van der Waals surface area (Å²) in [5.74, 6) is 1.82. The van der Waals surface area contributed by atoms with Crippen molar-refractivity contribution in [3.63, 3.8) is 0 Å². The summed E-state index contributed by atoms with van der Waals surface area (Å²) < 4.78 is 4.96. The lowest BCUT2D eigenvalue weighted by atomic mass is 9.97. The molecule has 308 valence electrons. The molecule has 66 heavy (non-hydrogen) atoms. The number of nitrogens with zero attached hydrogens (tertiary/aromatic N) is 4. The van der Waals surface area contributed by atoms with Gasteiger partial charge >= 0.3 is 0 Å². The first-order valence-electron chi connectivity index (χ1n) is 22.3. The zero-order valence-corrected chi connectivity index (χ0v) is 36.5. The van der Waals surface area contributed by atoms with E-state index in [-0.39, 0.29) is 0 Å². The van der Waals surface area contributed by atoms with Gasteiger partial charge in [0.05, 0.1) is 16.7 Å². The molecule has 0 saturated carbocycles. The van der Waals surface area contributed by atoms with Gasteiger partial charge in [-0.3, -0.25) is 0 Å². The van der Waals surface area contributed by atoms with Crippen LogP contribution in [0, 0.1) is 0 Å². The molecule has 0 atom stereocenters. The first-order valence-corrected chi connectivity index (χ1v) is 23.1. The van der Waals surface area contributed by atoms with Crippen molar-refractivity contribution in [2.75, 3.05) is 0 Å². The predicted octanol–water partition coefficient (Wildman–Crippen LogP) is 16.5. The van der Waals surface area contributed by atoms with Crippen LogP contribution < -0.4 is 0 Å². The van der Waals surface area contributed by atoms with Gasteiger partial charge in [0.15, 0.2) is 17.5 Å². The van der Waals surface area contributed by atoms with Crippen molar-refractivity contribution in [2.45, 2.75) is 0 Å². The predicted molar refractivity (Wildman–Crippen MR) is 277 cm³/mol. The second-order valence-electron chi connectivity index (χ2n) is 16.8. The Hall–Kier alpha value is -8.51. The highest BCUT2D eigenvalue weighted by molar-refractivity contribution is 7.25. The highest BCUT2D eigenvalue weighted by Crippen LogP contribution is 2.40. The largest absolute Gasteiger partial charge is 0.308 e. The first-order chi connectivity index (χ1) is 32.7. The van der Waals surface area contributed by atoms with Crippen LogP contribution in [-0.4, -0.2) is 19.5 Å². The van der Waals surface area contributed by atoms with Crippen LogP contribution in [-0.2, 0) is 0 Å². The zero-order valence-electron chi connectivity index (χ0n) is 35.6. The van der Waals surface area contributed by atoms with E-state index in [2.05, 4.69) is 235 Å². The van der Waals surface area contributed by atoms with Crippen molar-refractivity contribution in [3.05, 3.63) is 231 Å². The molecule has 0 N–H and O–H groups in total. The van der Waals surface area contributed by atoms with E-state index >= 15 is 0 Å². The van der Waals surface area contributed by atoms with Crippen molar-refractivity contribution in [1.82, 2.24) is 19.5 Å². The Kier molecular flexibility index (Phi) is 9.00. The Labute approximate surface area is 385 Å². The summed E-state index contributed by atoms with van der Waals surface area (Å²) in [6.45, 7) is 0. The van der Waals surface area contributed by atoms with Gasteiger partial charge in [0.25, 0.3) is 0 Å². The van der Waals surface area contributed by atoms with Crippen LogP contribution in [0.15, 0.2) is 231 Å². The number of hydrogen-bond donors (Lipinski definition) is 0. The SMILES string of the molecule is c1ccc(-c2ccc(-c3nc(-c4ccc(-c5ccc6c(c5)sc5ccccc56)cc4)nc(-c4cccc(-c5cccc6ccccc56)c4)n3)c(-n3c4ccccc4c4ccccc43)c2)cc1. The molecular weight excluding hydrogens is 821 g/mol. The van der Waals surface area contributed by atoms with Gasteiger partial charge in [-0.2, -0.15) is 0 Å². The summed E-state index contributed by atoms with van der Waals surface area (Å²) in [6, 6.07) is 82.3. The molecule has 3 heterocycles. The van der Waals surface area contributed by atoms with Gasteiger partial charge in [-0.05, 0) is 86.6 Å². The van der Waals surface area contributed by atoms with Crippen molar-refractivity contribution in [3.8, 4) is 73.2 Å². The third-order valence-electron chi connectivity index (χ3n) is 12.9. The molecule has 0 spiro atoms. The normalized spacial score (nSPS) is 11.6. The number of rotatable bonds is 7. The summed E-state index contributed by atoms with van der Waals surface area (Å²) in [5.41, 5.74) is 12.8. The summed E-state index contributed by atoms with van der Waals surface area (Å²) in [5, 5.41) is 7.39. The molecule has 0 aliphatic rings. The lowest BCUT2D eigenvalue weighted by molar-refractivity contribution is 1.06. The molecule has 10 aromatic carbocycles. The van der Waals surface area contributed by atoms with E-state index in [4.69, 9.17) is 15.0 Å². The number of para-hydroxylation sites is 2. The van der Waals surface area contributed by atoms with Crippen LogP contribution in [0.1, 0.15) is 0 Å². The van der Waals surface area contributed by atoms with Gasteiger partial charge in [0, 0.05) is 47.6 Å². The monoisotopic (exact) mass is 858 g/mol. The van der Waals surface area contributed by atoms with Crippen LogP contribution in [0.2, 0.25) is 0 Å². The van der Waals surface area contributed by atoms with Gasteiger partial charge < -0.3 is 4.57 Å². The minimum Gasteiger partial charge on any atom is -0.308 e. The fraction of sp³-hybridized carbons (Fsp3) is 0. The fourth-order valence-corrected chi connectivity index (χ4v) is 10.8. The lowest BCUT2D eigenvalue weighted by Crippen LogP contribution is -2.04. The summed E-state index contributed by atoms with van der Waals surface area (Å²) in [6.07, 6.45) is 0. The van der Waals surface area contributed by atoms with Gasteiger partial charge in [-0.25, -0.2) is 15.0 Å². The minimum atomic E-state index is 0.598. The molecule has 0 amide bonds. The van der Waals surface area contributed by atoms with Gasteiger partial charge in [0.2, 0.25) is 0 Å². The van der Waals surface area contributed by atoms with Crippen molar-refractivity contribution in [2.24, 2.45) is 0 Å². The molecule has 13 aromatic rings. The Balaban J connectivity index is 1.01. The summed E-state index contributed by atoms with van der Waals surface area (Å²) >= 11 is 1.84. The Morgan fingerprint density at radius 3 is 1.62 bits per heavy atom. The number of fused-ring (bicyclic) bond motifs is 7. The maximum Gasteiger partial charge on any atom is 0.166 e. The highest BCUT2D eigenvalue weighted by atomic mass is 32.1. The fourth-order valence-electron chi connectivity index (χ4n) is 9.67. The quantitative estimate of drug-likeness (QED) is 0.160. The summed E-state index contributed by atoms with van der Waals surface area (Å²) in [7, 11) is 0. The highest BCUT2D eigenvalue weighted by Gasteiger charge is 2.21. The molecule has 0 saturated heterocycles. The third-order valence-corrected chi connectivity index (χ3v) is 14.0. The van der Waals surface area contributed by atoms with Gasteiger partial charge in [0.1, 0.15) is 0 Å². The molecule has 4 nitrogen and oxygen atoms in total. The molecule has 0 unspecified atom stereocenters. The average Bonchev–Trinajstić information content (AvgIpc) is 3.94. The molecular formula is C61H38N4S. The number of hydrogen-bond acceptors (Lipinski definition) is 4. The van der Waals surface area contributed by atoms with E-state index < -0.39 is 0 Å². The molecule has 5 heteroatoms. The number of thiophene rings is 1. The van der Waals surface area contributed by atoms with Crippen LogP contribution in [0.25, 0.3) is 126 Å². The molecule has 13 rings (SSSR count). The maximum absolute atomic E-state index is 5.41. The Morgan fingerprint density at radius 2 is 0.818 bits per heavy atom. The van der Waals surface area contributed by atoms with Crippen LogP contribution in [0.5, 0.6) is 0 Å². The number of benzene rings is 10. The average molecular weight is 859 g/mol. The van der Waals surface area contributed by atoms with Crippen LogP contribution in [0.4, 0.5) is 0 Å². The van der Waals surface area contributed by atoms with E-state index in [9.17, 15) is 0 Å². The molecule has 0 aliphatic heterocycles. The molecule has 0 radical (unpaired) electrons. The van der Waals surface area contributed by atoms with Crippen molar-refractivity contribution in [1.29, 1.82) is 0 Å². The second-order valence-corrected chi connectivity index (χ2v) is 17.9. The summed E-state index contributed by atoms with van der Waals surface area (Å²) in [4.78, 5) is 16.1. The van der Waals surface area contributed by atoms with Crippen molar-refractivity contribution >= 4 is 64.1 Å². The topological polar surface area (TPSA) is 43.6 Å². The van der Waals surface area contributed by atoms with E-state index in [1.165, 1.54) is 52.8 Å². The Morgan fingerprint density at radius 1 is 0.288 bits per heavy atom. The molecule has 0 fully saturated rings. The molecule has 0 bridgehead atoms.